The first-order valence-electron chi connectivity index (χ1n) is 7.24. The second-order valence-corrected chi connectivity index (χ2v) is 4.82. The molecule has 0 saturated heterocycles. The van der Waals surface area contributed by atoms with E-state index in [0.717, 1.165) is 18.5 Å². The van der Waals surface area contributed by atoms with Gasteiger partial charge in [0.25, 0.3) is 0 Å². The van der Waals surface area contributed by atoms with Crippen LogP contribution in [0.3, 0.4) is 0 Å². The Labute approximate surface area is 145 Å². The number of ether oxygens (including phenoxy) is 1. The molecule has 0 aliphatic rings. The van der Waals surface area contributed by atoms with Crippen LogP contribution in [-0.4, -0.2) is 28.9 Å². The fraction of sp³-hybridized carbons (Fsp3) is 0.118. The minimum Gasteiger partial charge on any atom is -0.506 e. The Hall–Kier alpha value is -3.23. The molecule has 0 spiro atoms. The van der Waals surface area contributed by atoms with E-state index in [4.69, 9.17) is 4.74 Å². The number of aliphatic imine (C=N–C) groups is 1. The van der Waals surface area contributed by atoms with E-state index in [1.807, 2.05) is 0 Å². The molecule has 2 rings (SSSR count). The molecule has 0 aliphatic carbocycles. The van der Waals surface area contributed by atoms with Crippen molar-refractivity contribution < 1.29 is 32.2 Å². The summed E-state index contributed by atoms with van der Waals surface area (Å²) in [5, 5.41) is 10.2. The van der Waals surface area contributed by atoms with Gasteiger partial charge in [0.2, 0.25) is 0 Å². The summed E-state index contributed by atoms with van der Waals surface area (Å²) in [7, 11) is 0. The maximum atomic E-state index is 13.8. The van der Waals surface area contributed by atoms with Crippen molar-refractivity contribution in [2.45, 2.75) is 6.92 Å². The minimum absolute atomic E-state index is 0.0215. The number of halogens is 4. The number of hydrogen-bond acceptors (Lipinski definition) is 5. The summed E-state index contributed by atoms with van der Waals surface area (Å²) in [4.78, 5) is 19.4. The molecule has 0 aliphatic heterocycles. The molecule has 136 valence electrons. The van der Waals surface area contributed by atoms with Crippen molar-refractivity contribution in [1.82, 2.24) is 4.98 Å². The Morgan fingerprint density at radius 2 is 1.88 bits per heavy atom. The lowest BCUT2D eigenvalue weighted by molar-refractivity contribution is -0.137. The van der Waals surface area contributed by atoms with Crippen LogP contribution in [0.15, 0.2) is 41.0 Å². The summed E-state index contributed by atoms with van der Waals surface area (Å²) < 4.78 is 57.8. The third-order valence-electron chi connectivity index (χ3n) is 3.05. The van der Waals surface area contributed by atoms with Gasteiger partial charge in [0.05, 0.1) is 18.4 Å². The van der Waals surface area contributed by atoms with Crippen molar-refractivity contribution >= 4 is 23.8 Å². The number of rotatable bonds is 5. The highest BCUT2D eigenvalue weighted by Crippen LogP contribution is 2.23. The van der Waals surface area contributed by atoms with E-state index < -0.39 is 46.1 Å². The monoisotopic (exact) mass is 368 g/mol. The lowest BCUT2D eigenvalue weighted by Crippen LogP contribution is -2.12. The molecule has 0 radical (unpaired) electrons. The van der Waals surface area contributed by atoms with E-state index in [1.165, 1.54) is 13.0 Å². The van der Waals surface area contributed by atoms with E-state index in [-0.39, 0.29) is 18.5 Å². The van der Waals surface area contributed by atoms with Crippen LogP contribution >= 0.6 is 0 Å². The van der Waals surface area contributed by atoms with Gasteiger partial charge in [-0.1, -0.05) is 0 Å². The van der Waals surface area contributed by atoms with Crippen LogP contribution in [0, 0.1) is 23.3 Å². The average Bonchev–Trinajstić information content (AvgIpc) is 2.60. The quantitative estimate of drug-likeness (QED) is 0.217. The molecule has 0 amide bonds. The van der Waals surface area contributed by atoms with Crippen LogP contribution in [0.5, 0.6) is 0 Å². The molecule has 26 heavy (non-hydrogen) atoms. The number of benzene rings is 1. The smallest absolute Gasteiger partial charge is 0.343 e. The molecule has 9 heteroatoms. The van der Waals surface area contributed by atoms with Crippen LogP contribution in [0.4, 0.5) is 23.4 Å². The first-order chi connectivity index (χ1) is 12.3. The maximum Gasteiger partial charge on any atom is 0.343 e. The number of carbonyl (C=O) groups excluding carboxylic acids is 1. The molecule has 2 aromatic rings. The van der Waals surface area contributed by atoms with E-state index in [1.54, 1.807) is 0 Å². The van der Waals surface area contributed by atoms with Crippen LogP contribution < -0.4 is 0 Å². The Balaban J connectivity index is 2.52. The third kappa shape index (κ3) is 4.44. The summed E-state index contributed by atoms with van der Waals surface area (Å²) in [5.41, 5.74) is -1.38. The summed E-state index contributed by atoms with van der Waals surface area (Å²) in [6, 6.07) is 2.86. The van der Waals surface area contributed by atoms with Gasteiger partial charge in [-0.05, 0) is 25.1 Å². The highest BCUT2D eigenvalue weighted by atomic mass is 19.2. The van der Waals surface area contributed by atoms with E-state index in [9.17, 15) is 27.5 Å². The van der Waals surface area contributed by atoms with Crippen molar-refractivity contribution in [2.75, 3.05) is 6.61 Å². The third-order valence-corrected chi connectivity index (χ3v) is 3.05. The van der Waals surface area contributed by atoms with Crippen LogP contribution in [0.1, 0.15) is 12.5 Å². The molecule has 1 aromatic carbocycles. The van der Waals surface area contributed by atoms with Gasteiger partial charge < -0.3 is 9.84 Å². The minimum atomic E-state index is -1.46. The predicted molar refractivity (Wildman–Crippen MR) is 84.8 cm³/mol. The van der Waals surface area contributed by atoms with Gasteiger partial charge in [0, 0.05) is 12.3 Å². The van der Waals surface area contributed by atoms with Gasteiger partial charge in [-0.25, -0.2) is 32.3 Å². The van der Waals surface area contributed by atoms with Crippen molar-refractivity contribution in [1.29, 1.82) is 0 Å². The molecule has 5 nitrogen and oxygen atoms in total. The number of hydrogen-bond donors (Lipinski definition) is 1. The second kappa shape index (κ2) is 8.24. The first-order valence-corrected chi connectivity index (χ1v) is 7.24. The number of aliphatic hydroxyl groups excluding tert-OH is 1. The maximum absolute atomic E-state index is 13.8. The van der Waals surface area contributed by atoms with Crippen LogP contribution in [-0.2, 0) is 9.53 Å². The topological polar surface area (TPSA) is 71.8 Å². The number of esters is 1. The number of pyridine rings is 1. The van der Waals surface area contributed by atoms with Gasteiger partial charge in [-0.15, -0.1) is 0 Å². The number of nitrogens with zero attached hydrogens (tertiary/aromatic N) is 2. The molecule has 0 bridgehead atoms. The molecule has 1 N–H and O–H groups in total. The SMILES string of the molecule is CCOC(=O)/C(C=Nc1ccc(F)cn1)=C(/O)c1cc(F)c(F)cc1F. The molecule has 0 atom stereocenters. The van der Waals surface area contributed by atoms with Crippen LogP contribution in [0.2, 0.25) is 0 Å². The zero-order chi connectivity index (χ0) is 19.3. The normalized spacial score (nSPS) is 12.2. The predicted octanol–water partition coefficient (Wildman–Crippen LogP) is 3.87. The Morgan fingerprint density at radius 3 is 2.50 bits per heavy atom. The Kier molecular flexibility index (Phi) is 6.05. The number of carbonyl (C=O) groups is 1. The van der Waals surface area contributed by atoms with Crippen molar-refractivity contribution in [3.05, 3.63) is 64.9 Å². The van der Waals surface area contributed by atoms with Gasteiger partial charge in [0.1, 0.15) is 23.0 Å². The Morgan fingerprint density at radius 1 is 1.19 bits per heavy atom. The zero-order valence-electron chi connectivity index (χ0n) is 13.3. The molecule has 1 aromatic heterocycles. The van der Waals surface area contributed by atoms with Crippen molar-refractivity contribution in [3.63, 3.8) is 0 Å². The van der Waals surface area contributed by atoms with E-state index in [0.29, 0.717) is 6.07 Å². The van der Waals surface area contributed by atoms with Gasteiger partial charge in [-0.3, -0.25) is 0 Å². The average molecular weight is 368 g/mol. The molecule has 0 unspecified atom stereocenters. The largest absolute Gasteiger partial charge is 0.506 e. The standard InChI is InChI=1S/C17H12F4N2O3/c1-2-26-17(25)11(8-23-15-4-3-9(18)7-22-15)16(24)10-5-13(20)14(21)6-12(10)19/h3-8,24H,2H2,1H3/b16-11+,23-8?. The summed E-state index contributed by atoms with van der Waals surface area (Å²) in [6.45, 7) is 1.42. The lowest BCUT2D eigenvalue weighted by Gasteiger charge is -2.08. The lowest BCUT2D eigenvalue weighted by atomic mass is 10.1. The fourth-order valence-corrected chi connectivity index (χ4v) is 1.84. The van der Waals surface area contributed by atoms with Gasteiger partial charge in [-0.2, -0.15) is 0 Å². The highest BCUT2D eigenvalue weighted by Gasteiger charge is 2.21. The summed E-state index contributed by atoms with van der Waals surface area (Å²) in [6.07, 6.45) is 1.67. The molecular formula is C17H12F4N2O3. The van der Waals surface area contributed by atoms with Crippen molar-refractivity contribution in [3.8, 4) is 0 Å². The second-order valence-electron chi connectivity index (χ2n) is 4.82. The summed E-state index contributed by atoms with van der Waals surface area (Å²) >= 11 is 0. The van der Waals surface area contributed by atoms with Gasteiger partial charge in [0.15, 0.2) is 17.5 Å². The first kappa shape index (κ1) is 19.1. The fourth-order valence-electron chi connectivity index (χ4n) is 1.84. The van der Waals surface area contributed by atoms with Crippen LogP contribution in [0.25, 0.3) is 5.76 Å². The van der Waals surface area contributed by atoms with Crippen molar-refractivity contribution in [2.24, 2.45) is 4.99 Å². The summed E-state index contributed by atoms with van der Waals surface area (Å²) in [5.74, 6) is -6.90. The molecular weight excluding hydrogens is 356 g/mol. The highest BCUT2D eigenvalue weighted by molar-refractivity contribution is 6.15. The number of aromatic nitrogens is 1. The zero-order valence-corrected chi connectivity index (χ0v) is 13.3. The Bertz CT molecular complexity index is 880. The van der Waals surface area contributed by atoms with E-state index in [2.05, 4.69) is 9.98 Å². The molecule has 0 saturated carbocycles. The van der Waals surface area contributed by atoms with E-state index >= 15 is 0 Å². The van der Waals surface area contributed by atoms with Gasteiger partial charge >= 0.3 is 5.97 Å². The molecule has 0 fully saturated rings. The number of aliphatic hydroxyl groups is 1. The molecule has 1 heterocycles.